The van der Waals surface area contributed by atoms with Gasteiger partial charge in [0.05, 0.1) is 18.5 Å². The van der Waals surface area contributed by atoms with Crippen LogP contribution in [0.4, 0.5) is 0 Å². The van der Waals surface area contributed by atoms with Gasteiger partial charge >= 0.3 is 0 Å². The SMILES string of the molecule is CCc1ccc(-n2nc(C)c3c(C)cc(=O)n(CC(=O)NCc4ccc(OC)cc4)c32)cc1. The molecule has 7 heteroatoms. The summed E-state index contributed by atoms with van der Waals surface area (Å²) in [5.41, 5.74) is 5.07. The van der Waals surface area contributed by atoms with Crippen molar-refractivity contribution >= 4 is 16.9 Å². The Bertz CT molecular complexity index is 1350. The number of ether oxygens (including phenoxy) is 1. The fourth-order valence-electron chi connectivity index (χ4n) is 4.01. The van der Waals surface area contributed by atoms with E-state index in [-0.39, 0.29) is 18.0 Å². The summed E-state index contributed by atoms with van der Waals surface area (Å²) >= 11 is 0. The lowest BCUT2D eigenvalue weighted by Gasteiger charge is -2.13. The molecule has 170 valence electrons. The second-order valence-electron chi connectivity index (χ2n) is 8.09. The van der Waals surface area contributed by atoms with Gasteiger partial charge < -0.3 is 10.1 Å². The highest BCUT2D eigenvalue weighted by Crippen LogP contribution is 2.24. The number of amides is 1. The highest BCUT2D eigenvalue weighted by molar-refractivity contribution is 5.85. The van der Waals surface area contributed by atoms with Crippen LogP contribution >= 0.6 is 0 Å². The quantitative estimate of drug-likeness (QED) is 0.472. The van der Waals surface area contributed by atoms with E-state index < -0.39 is 0 Å². The summed E-state index contributed by atoms with van der Waals surface area (Å²) in [6.45, 7) is 6.20. The van der Waals surface area contributed by atoms with Crippen LogP contribution in [0, 0.1) is 13.8 Å². The molecule has 0 bridgehead atoms. The third-order valence-corrected chi connectivity index (χ3v) is 5.83. The summed E-state index contributed by atoms with van der Waals surface area (Å²) in [4.78, 5) is 25.8. The number of carbonyl (C=O) groups excluding carboxylic acids is 1. The third-order valence-electron chi connectivity index (χ3n) is 5.83. The molecule has 2 aromatic heterocycles. The van der Waals surface area contributed by atoms with Crippen molar-refractivity contribution in [3.8, 4) is 11.4 Å². The number of methoxy groups -OCH3 is 1. The van der Waals surface area contributed by atoms with Crippen LogP contribution in [0.25, 0.3) is 16.7 Å². The first-order chi connectivity index (χ1) is 15.9. The molecule has 0 atom stereocenters. The molecule has 1 N–H and O–H groups in total. The Kier molecular flexibility index (Phi) is 6.31. The van der Waals surface area contributed by atoms with E-state index in [4.69, 9.17) is 9.84 Å². The van der Waals surface area contributed by atoms with Gasteiger partial charge in [0.15, 0.2) is 0 Å². The van der Waals surface area contributed by atoms with Crippen LogP contribution in [0.5, 0.6) is 5.75 Å². The summed E-state index contributed by atoms with van der Waals surface area (Å²) < 4.78 is 8.42. The lowest BCUT2D eigenvalue weighted by atomic mass is 10.1. The Labute approximate surface area is 192 Å². The molecule has 0 saturated heterocycles. The largest absolute Gasteiger partial charge is 0.497 e. The van der Waals surface area contributed by atoms with Crippen LogP contribution in [-0.2, 0) is 24.3 Å². The van der Waals surface area contributed by atoms with Gasteiger partial charge in [-0.3, -0.25) is 14.2 Å². The average molecular weight is 445 g/mol. The third kappa shape index (κ3) is 4.53. The minimum absolute atomic E-state index is 0.0933. The molecule has 0 aliphatic heterocycles. The summed E-state index contributed by atoms with van der Waals surface area (Å²) in [5, 5.41) is 8.50. The van der Waals surface area contributed by atoms with Crippen molar-refractivity contribution in [2.24, 2.45) is 0 Å². The minimum atomic E-state index is -0.246. The van der Waals surface area contributed by atoms with E-state index >= 15 is 0 Å². The summed E-state index contributed by atoms with van der Waals surface area (Å²) in [5.74, 6) is 0.513. The molecule has 0 fully saturated rings. The van der Waals surface area contributed by atoms with Crippen molar-refractivity contribution in [3.63, 3.8) is 0 Å². The molecule has 33 heavy (non-hydrogen) atoms. The molecule has 2 aromatic carbocycles. The number of rotatable bonds is 7. The zero-order valence-electron chi connectivity index (χ0n) is 19.4. The normalized spacial score (nSPS) is 11.0. The molecule has 0 spiro atoms. The molecule has 4 rings (SSSR count). The monoisotopic (exact) mass is 444 g/mol. The first-order valence-corrected chi connectivity index (χ1v) is 11.0. The van der Waals surface area contributed by atoms with Crippen molar-refractivity contribution in [1.82, 2.24) is 19.7 Å². The zero-order valence-corrected chi connectivity index (χ0v) is 19.4. The Balaban J connectivity index is 1.67. The number of benzene rings is 2. The van der Waals surface area contributed by atoms with Crippen molar-refractivity contribution in [2.75, 3.05) is 7.11 Å². The van der Waals surface area contributed by atoms with Crippen LogP contribution in [-0.4, -0.2) is 27.4 Å². The number of aryl methyl sites for hydroxylation is 3. The molecule has 7 nitrogen and oxygen atoms in total. The van der Waals surface area contributed by atoms with Gasteiger partial charge in [-0.25, -0.2) is 4.68 Å². The van der Waals surface area contributed by atoms with Gasteiger partial charge in [-0.1, -0.05) is 31.2 Å². The van der Waals surface area contributed by atoms with Gasteiger partial charge in [0.2, 0.25) is 5.91 Å². The fourth-order valence-corrected chi connectivity index (χ4v) is 4.01. The van der Waals surface area contributed by atoms with E-state index in [2.05, 4.69) is 24.4 Å². The Hall–Kier alpha value is -3.87. The molecule has 4 aromatic rings. The number of fused-ring (bicyclic) bond motifs is 1. The van der Waals surface area contributed by atoms with Crippen LogP contribution < -0.4 is 15.6 Å². The lowest BCUT2D eigenvalue weighted by Crippen LogP contribution is -2.32. The summed E-state index contributed by atoms with van der Waals surface area (Å²) in [6.07, 6.45) is 0.942. The molecule has 0 unspecified atom stereocenters. The van der Waals surface area contributed by atoms with Gasteiger partial charge in [0.25, 0.3) is 5.56 Å². The van der Waals surface area contributed by atoms with Crippen LogP contribution in [0.15, 0.2) is 59.4 Å². The van der Waals surface area contributed by atoms with E-state index in [1.165, 1.54) is 10.1 Å². The first kappa shape index (κ1) is 22.3. The molecular weight excluding hydrogens is 416 g/mol. The second-order valence-corrected chi connectivity index (χ2v) is 8.09. The molecule has 0 aliphatic carbocycles. The van der Waals surface area contributed by atoms with Crippen LogP contribution in [0.2, 0.25) is 0 Å². The van der Waals surface area contributed by atoms with Crippen molar-refractivity contribution in [3.05, 3.63) is 87.3 Å². The van der Waals surface area contributed by atoms with E-state index in [1.54, 1.807) is 17.9 Å². The van der Waals surface area contributed by atoms with E-state index in [0.717, 1.165) is 40.1 Å². The van der Waals surface area contributed by atoms with Crippen LogP contribution in [0.3, 0.4) is 0 Å². The molecule has 0 radical (unpaired) electrons. The van der Waals surface area contributed by atoms with E-state index in [0.29, 0.717) is 12.2 Å². The standard InChI is InChI=1S/C26H28N4O3/c1-5-19-6-10-21(11-7-19)30-26-25(18(3)28-30)17(2)14-24(32)29(26)16-23(31)27-15-20-8-12-22(33-4)13-9-20/h6-14H,5,15-16H2,1-4H3,(H,27,31). The number of aromatic nitrogens is 3. The number of hydrogen-bond donors (Lipinski definition) is 1. The van der Waals surface area contributed by atoms with Gasteiger partial charge in [-0.15, -0.1) is 0 Å². The predicted octanol–water partition coefficient (Wildman–Crippen LogP) is 3.69. The Morgan fingerprint density at radius 2 is 1.70 bits per heavy atom. The predicted molar refractivity (Wildman–Crippen MR) is 129 cm³/mol. The summed E-state index contributed by atoms with van der Waals surface area (Å²) in [6, 6.07) is 17.1. The molecule has 2 heterocycles. The first-order valence-electron chi connectivity index (χ1n) is 11.0. The zero-order chi connectivity index (χ0) is 23.5. The molecular formula is C26H28N4O3. The van der Waals surface area contributed by atoms with Gasteiger partial charge in [-0.05, 0) is 61.2 Å². The fraction of sp³-hybridized carbons (Fsp3) is 0.269. The van der Waals surface area contributed by atoms with Gasteiger partial charge in [0, 0.05) is 18.0 Å². The minimum Gasteiger partial charge on any atom is -0.497 e. The number of nitrogens with zero attached hydrogens (tertiary/aromatic N) is 3. The number of hydrogen-bond acceptors (Lipinski definition) is 4. The summed E-state index contributed by atoms with van der Waals surface area (Å²) in [7, 11) is 1.61. The van der Waals surface area contributed by atoms with Crippen molar-refractivity contribution < 1.29 is 9.53 Å². The van der Waals surface area contributed by atoms with E-state index in [9.17, 15) is 9.59 Å². The molecule has 1 amide bonds. The maximum absolute atomic E-state index is 13.0. The van der Waals surface area contributed by atoms with Crippen LogP contribution in [0.1, 0.15) is 29.3 Å². The average Bonchev–Trinajstić information content (AvgIpc) is 3.18. The maximum atomic E-state index is 13.0. The second kappa shape index (κ2) is 9.32. The Morgan fingerprint density at radius 1 is 1.03 bits per heavy atom. The van der Waals surface area contributed by atoms with Crippen molar-refractivity contribution in [1.29, 1.82) is 0 Å². The number of pyridine rings is 1. The number of nitrogens with one attached hydrogen (secondary N) is 1. The molecule has 0 aliphatic rings. The van der Waals surface area contributed by atoms with Gasteiger partial charge in [-0.2, -0.15) is 5.10 Å². The smallest absolute Gasteiger partial charge is 0.252 e. The Morgan fingerprint density at radius 3 is 2.33 bits per heavy atom. The highest BCUT2D eigenvalue weighted by atomic mass is 16.5. The molecule has 0 saturated carbocycles. The maximum Gasteiger partial charge on any atom is 0.252 e. The van der Waals surface area contributed by atoms with Gasteiger partial charge in [0.1, 0.15) is 17.9 Å². The van der Waals surface area contributed by atoms with Crippen molar-refractivity contribution in [2.45, 2.75) is 40.3 Å². The lowest BCUT2D eigenvalue weighted by molar-refractivity contribution is -0.121. The topological polar surface area (TPSA) is 78.2 Å². The van der Waals surface area contributed by atoms with E-state index in [1.807, 2.05) is 50.2 Å². The number of carbonyl (C=O) groups is 1. The highest BCUT2D eigenvalue weighted by Gasteiger charge is 2.18.